The molecule has 3 rings (SSSR count). The highest BCUT2D eigenvalue weighted by Gasteiger charge is 2.07. The first-order valence-electron chi connectivity index (χ1n) is 9.36. The van der Waals surface area contributed by atoms with Gasteiger partial charge in [0.15, 0.2) is 5.96 Å². The van der Waals surface area contributed by atoms with E-state index in [4.69, 9.17) is 9.47 Å². The quantitative estimate of drug-likeness (QED) is 0.463. The first-order chi connectivity index (χ1) is 13.7. The lowest BCUT2D eigenvalue weighted by Gasteiger charge is -2.18. The van der Waals surface area contributed by atoms with Crippen molar-refractivity contribution in [3.63, 3.8) is 0 Å². The number of imidazole rings is 1. The average Bonchev–Trinajstić information content (AvgIpc) is 3.13. The number of aromatic nitrogens is 2. The first-order valence-corrected chi connectivity index (χ1v) is 9.36. The molecule has 0 bridgehead atoms. The fourth-order valence-corrected chi connectivity index (χ4v) is 2.83. The Bertz CT molecular complexity index is 889. The van der Waals surface area contributed by atoms with Gasteiger partial charge in [-0.25, -0.2) is 4.98 Å². The van der Waals surface area contributed by atoms with Crippen LogP contribution < -0.4 is 20.1 Å². The van der Waals surface area contributed by atoms with Crippen LogP contribution in [-0.2, 0) is 6.42 Å². The molecule has 1 aromatic carbocycles. The number of rotatable bonds is 8. The van der Waals surface area contributed by atoms with Crippen LogP contribution in [0.4, 0.5) is 0 Å². The number of pyridine rings is 1. The summed E-state index contributed by atoms with van der Waals surface area (Å²) < 4.78 is 13.2. The lowest BCUT2D eigenvalue weighted by molar-refractivity contribution is 0.223. The number of guanidine groups is 1. The predicted molar refractivity (Wildman–Crippen MR) is 111 cm³/mol. The summed E-state index contributed by atoms with van der Waals surface area (Å²) in [4.78, 5) is 8.86. The summed E-state index contributed by atoms with van der Waals surface area (Å²) in [6.45, 7) is 3.39. The second-order valence-electron chi connectivity index (χ2n) is 6.44. The molecule has 7 heteroatoms. The minimum Gasteiger partial charge on any atom is -0.497 e. The third-order valence-electron chi connectivity index (χ3n) is 4.25. The van der Waals surface area contributed by atoms with Crippen molar-refractivity contribution in [3.8, 4) is 11.5 Å². The number of nitrogens with one attached hydrogen (secondary N) is 2. The molecule has 28 heavy (non-hydrogen) atoms. The highest BCUT2D eigenvalue weighted by atomic mass is 16.5. The fraction of sp³-hybridized carbons (Fsp3) is 0.333. The lowest BCUT2D eigenvalue weighted by atomic mass is 10.3. The number of nitrogens with zero attached hydrogens (tertiary/aromatic N) is 3. The summed E-state index contributed by atoms with van der Waals surface area (Å²) in [7, 11) is 3.40. The van der Waals surface area contributed by atoms with Crippen LogP contribution >= 0.6 is 0 Å². The normalized spacial score (nSPS) is 12.6. The number of aliphatic imine (C=N–C) groups is 1. The van der Waals surface area contributed by atoms with E-state index in [1.165, 1.54) is 0 Å². The molecule has 1 atom stereocenters. The number of fused-ring (bicyclic) bond motifs is 1. The van der Waals surface area contributed by atoms with Gasteiger partial charge in [0.05, 0.1) is 19.3 Å². The zero-order valence-electron chi connectivity index (χ0n) is 16.6. The fourth-order valence-electron chi connectivity index (χ4n) is 2.83. The van der Waals surface area contributed by atoms with Gasteiger partial charge in [0.25, 0.3) is 0 Å². The third kappa shape index (κ3) is 5.39. The number of benzene rings is 1. The van der Waals surface area contributed by atoms with Crippen molar-refractivity contribution in [1.29, 1.82) is 0 Å². The van der Waals surface area contributed by atoms with Crippen molar-refractivity contribution >= 4 is 11.6 Å². The van der Waals surface area contributed by atoms with Gasteiger partial charge in [-0.05, 0) is 31.2 Å². The van der Waals surface area contributed by atoms with E-state index in [0.717, 1.165) is 41.8 Å². The Balaban J connectivity index is 1.42. The summed E-state index contributed by atoms with van der Waals surface area (Å²) in [6, 6.07) is 13.6. The molecule has 2 N–H and O–H groups in total. The summed E-state index contributed by atoms with van der Waals surface area (Å²) in [5, 5.41) is 6.60. The molecule has 7 nitrogen and oxygen atoms in total. The minimum absolute atomic E-state index is 0.0240. The van der Waals surface area contributed by atoms with Gasteiger partial charge in [-0.3, -0.25) is 4.99 Å². The Hall–Kier alpha value is -3.22. The lowest BCUT2D eigenvalue weighted by Crippen LogP contribution is -2.42. The smallest absolute Gasteiger partial charge is 0.191 e. The predicted octanol–water partition coefficient (Wildman–Crippen LogP) is 2.52. The van der Waals surface area contributed by atoms with Gasteiger partial charge in [0.2, 0.25) is 0 Å². The number of methoxy groups -OCH3 is 1. The molecular weight excluding hydrogens is 354 g/mol. The molecule has 0 saturated heterocycles. The largest absolute Gasteiger partial charge is 0.497 e. The minimum atomic E-state index is -0.0240. The molecule has 0 saturated carbocycles. The molecule has 0 spiro atoms. The first kappa shape index (κ1) is 19.5. The van der Waals surface area contributed by atoms with Crippen molar-refractivity contribution in [2.45, 2.75) is 19.4 Å². The molecule has 1 unspecified atom stereocenters. The molecule has 0 aliphatic carbocycles. The summed E-state index contributed by atoms with van der Waals surface area (Å²) in [5.41, 5.74) is 2.01. The molecule has 2 heterocycles. The van der Waals surface area contributed by atoms with E-state index in [2.05, 4.69) is 26.8 Å². The van der Waals surface area contributed by atoms with E-state index in [9.17, 15) is 0 Å². The highest BCUT2D eigenvalue weighted by Crippen LogP contribution is 2.19. The molecule has 3 aromatic rings. The highest BCUT2D eigenvalue weighted by molar-refractivity contribution is 5.79. The van der Waals surface area contributed by atoms with Gasteiger partial charge >= 0.3 is 0 Å². The van der Waals surface area contributed by atoms with Crippen molar-refractivity contribution in [2.75, 3.05) is 27.2 Å². The van der Waals surface area contributed by atoms with Gasteiger partial charge < -0.3 is 24.5 Å². The third-order valence-corrected chi connectivity index (χ3v) is 4.25. The SMILES string of the molecule is CN=C(NCCc1cn2ccccc2n1)NCC(C)Oc1cccc(OC)c1. The Morgan fingerprint density at radius 3 is 2.82 bits per heavy atom. The van der Waals surface area contributed by atoms with Gasteiger partial charge in [-0.1, -0.05) is 12.1 Å². The Morgan fingerprint density at radius 1 is 1.18 bits per heavy atom. The van der Waals surface area contributed by atoms with Crippen LogP contribution in [0.5, 0.6) is 11.5 Å². The van der Waals surface area contributed by atoms with Gasteiger partial charge in [-0.15, -0.1) is 0 Å². The molecule has 0 aliphatic heterocycles. The van der Waals surface area contributed by atoms with Crippen molar-refractivity contribution in [1.82, 2.24) is 20.0 Å². The Labute approximate surface area is 165 Å². The van der Waals surface area contributed by atoms with E-state index >= 15 is 0 Å². The second-order valence-corrected chi connectivity index (χ2v) is 6.44. The Kier molecular flexibility index (Phi) is 6.73. The maximum atomic E-state index is 5.92. The maximum Gasteiger partial charge on any atom is 0.191 e. The summed E-state index contributed by atoms with van der Waals surface area (Å²) >= 11 is 0. The van der Waals surface area contributed by atoms with Crippen molar-refractivity contribution in [3.05, 3.63) is 60.6 Å². The van der Waals surface area contributed by atoms with Crippen LogP contribution in [0, 0.1) is 0 Å². The van der Waals surface area contributed by atoms with Crippen LogP contribution in [0.25, 0.3) is 5.65 Å². The summed E-state index contributed by atoms with van der Waals surface area (Å²) in [6.07, 6.45) is 4.85. The van der Waals surface area contributed by atoms with Gasteiger partial charge in [0.1, 0.15) is 23.3 Å². The Morgan fingerprint density at radius 2 is 2.04 bits per heavy atom. The second kappa shape index (κ2) is 9.64. The van der Waals surface area contributed by atoms with E-state index in [-0.39, 0.29) is 6.10 Å². The zero-order chi connectivity index (χ0) is 19.8. The van der Waals surface area contributed by atoms with Crippen LogP contribution in [-0.4, -0.2) is 48.7 Å². The average molecular weight is 381 g/mol. The molecule has 0 aliphatic rings. The maximum absolute atomic E-state index is 5.92. The van der Waals surface area contributed by atoms with E-state index in [0.29, 0.717) is 6.54 Å². The van der Waals surface area contributed by atoms with Crippen LogP contribution in [0.2, 0.25) is 0 Å². The molecular formula is C21H27N5O2. The number of ether oxygens (including phenoxy) is 2. The molecule has 0 amide bonds. The van der Waals surface area contributed by atoms with Crippen molar-refractivity contribution in [2.24, 2.45) is 4.99 Å². The van der Waals surface area contributed by atoms with Gasteiger partial charge in [-0.2, -0.15) is 0 Å². The monoisotopic (exact) mass is 381 g/mol. The molecule has 2 aromatic heterocycles. The topological polar surface area (TPSA) is 72.2 Å². The number of hydrogen-bond donors (Lipinski definition) is 2. The van der Waals surface area contributed by atoms with E-state index in [1.54, 1.807) is 14.2 Å². The van der Waals surface area contributed by atoms with Crippen LogP contribution in [0.15, 0.2) is 59.9 Å². The van der Waals surface area contributed by atoms with Crippen molar-refractivity contribution < 1.29 is 9.47 Å². The summed E-state index contributed by atoms with van der Waals surface area (Å²) in [5.74, 6) is 2.30. The van der Waals surface area contributed by atoms with Crippen LogP contribution in [0.3, 0.4) is 0 Å². The standard InChI is InChI=1S/C21H27N5O2/c1-16(28-19-8-6-7-18(13-19)27-3)14-24-21(22-2)23-11-10-17-15-26-12-5-4-9-20(26)25-17/h4-9,12-13,15-16H,10-11,14H2,1-3H3,(H2,22,23,24). The molecule has 0 radical (unpaired) electrons. The molecule has 148 valence electrons. The van der Waals surface area contributed by atoms with Crippen LogP contribution in [0.1, 0.15) is 12.6 Å². The molecule has 0 fully saturated rings. The van der Waals surface area contributed by atoms with Gasteiger partial charge in [0, 0.05) is 38.5 Å². The van der Waals surface area contributed by atoms with E-state index < -0.39 is 0 Å². The number of hydrogen-bond acceptors (Lipinski definition) is 4. The van der Waals surface area contributed by atoms with E-state index in [1.807, 2.05) is 60.0 Å². The zero-order valence-corrected chi connectivity index (χ0v) is 16.6.